The second-order valence-corrected chi connectivity index (χ2v) is 7.33. The van der Waals surface area contributed by atoms with Crippen LogP contribution in [0.5, 0.6) is 11.5 Å². The Kier molecular flexibility index (Phi) is 6.06. The highest BCUT2D eigenvalue weighted by atomic mass is 32.1. The zero-order chi connectivity index (χ0) is 20.1. The van der Waals surface area contributed by atoms with Gasteiger partial charge in [-0.25, -0.2) is 9.78 Å². The standard InChI is InChI=1S/C21H20N2O4S/c1-13-19(28-15(3)22-13)21(25)26-14(2)20(24)23-16-9-11-18(12-10-16)27-17-7-5-4-6-8-17/h4-12,14H,1-3H3,(H,23,24)/t14-/m0/s1. The highest BCUT2D eigenvalue weighted by Crippen LogP contribution is 2.23. The summed E-state index contributed by atoms with van der Waals surface area (Å²) in [4.78, 5) is 29.1. The van der Waals surface area contributed by atoms with Gasteiger partial charge in [0.05, 0.1) is 10.7 Å². The smallest absolute Gasteiger partial charge is 0.351 e. The van der Waals surface area contributed by atoms with Gasteiger partial charge >= 0.3 is 5.97 Å². The lowest BCUT2D eigenvalue weighted by atomic mass is 10.2. The van der Waals surface area contributed by atoms with E-state index in [0.29, 0.717) is 22.0 Å². The van der Waals surface area contributed by atoms with Gasteiger partial charge in [0.25, 0.3) is 5.91 Å². The number of nitrogens with zero attached hydrogens (tertiary/aromatic N) is 1. The summed E-state index contributed by atoms with van der Waals surface area (Å²) in [5.74, 6) is 0.425. The van der Waals surface area contributed by atoms with Crippen LogP contribution >= 0.6 is 11.3 Å². The third-order valence-electron chi connectivity index (χ3n) is 3.84. The van der Waals surface area contributed by atoms with E-state index in [1.807, 2.05) is 37.3 Å². The molecule has 0 aliphatic heterocycles. The number of rotatable bonds is 6. The summed E-state index contributed by atoms with van der Waals surface area (Å²) in [5, 5.41) is 3.50. The number of ether oxygens (including phenoxy) is 2. The first-order valence-electron chi connectivity index (χ1n) is 8.71. The molecule has 0 unspecified atom stereocenters. The van der Waals surface area contributed by atoms with E-state index < -0.39 is 18.0 Å². The maximum Gasteiger partial charge on any atom is 0.351 e. The van der Waals surface area contributed by atoms with Crippen LogP contribution in [0.2, 0.25) is 0 Å². The van der Waals surface area contributed by atoms with E-state index in [4.69, 9.17) is 9.47 Å². The van der Waals surface area contributed by atoms with Crippen LogP contribution in [0, 0.1) is 13.8 Å². The molecule has 6 nitrogen and oxygen atoms in total. The number of nitrogens with one attached hydrogen (secondary N) is 1. The van der Waals surface area contributed by atoms with Gasteiger partial charge in [0.1, 0.15) is 16.4 Å². The molecule has 0 bridgehead atoms. The number of thiazole rings is 1. The molecule has 0 saturated carbocycles. The van der Waals surface area contributed by atoms with Gasteiger partial charge in [-0.3, -0.25) is 4.79 Å². The van der Waals surface area contributed by atoms with E-state index in [1.165, 1.54) is 18.3 Å². The largest absolute Gasteiger partial charge is 0.457 e. The van der Waals surface area contributed by atoms with Crippen molar-refractivity contribution in [2.24, 2.45) is 0 Å². The molecule has 7 heteroatoms. The number of carbonyl (C=O) groups is 2. The van der Waals surface area contributed by atoms with Crippen molar-refractivity contribution in [3.8, 4) is 11.5 Å². The molecule has 1 N–H and O–H groups in total. The van der Waals surface area contributed by atoms with Crippen molar-refractivity contribution >= 4 is 28.9 Å². The van der Waals surface area contributed by atoms with E-state index >= 15 is 0 Å². The van der Waals surface area contributed by atoms with Crippen LogP contribution in [0.15, 0.2) is 54.6 Å². The van der Waals surface area contributed by atoms with E-state index in [2.05, 4.69) is 10.3 Å². The maximum atomic E-state index is 12.3. The van der Waals surface area contributed by atoms with Gasteiger partial charge < -0.3 is 14.8 Å². The van der Waals surface area contributed by atoms with Crippen molar-refractivity contribution < 1.29 is 19.1 Å². The van der Waals surface area contributed by atoms with Gasteiger partial charge in [0, 0.05) is 5.69 Å². The SMILES string of the molecule is Cc1nc(C)c(C(=O)O[C@@H](C)C(=O)Nc2ccc(Oc3ccccc3)cc2)s1. The minimum Gasteiger partial charge on any atom is -0.457 e. The Balaban J connectivity index is 1.56. The van der Waals surface area contributed by atoms with Crippen LogP contribution in [0.1, 0.15) is 27.3 Å². The molecule has 1 amide bonds. The predicted octanol–water partition coefficient (Wildman–Crippen LogP) is 4.74. The summed E-state index contributed by atoms with van der Waals surface area (Å²) in [7, 11) is 0. The third-order valence-corrected chi connectivity index (χ3v) is 4.90. The van der Waals surface area contributed by atoms with Gasteiger partial charge in [-0.05, 0) is 57.2 Å². The zero-order valence-corrected chi connectivity index (χ0v) is 16.6. The fourth-order valence-corrected chi connectivity index (χ4v) is 3.27. The summed E-state index contributed by atoms with van der Waals surface area (Å²) >= 11 is 1.25. The van der Waals surface area contributed by atoms with E-state index in [1.54, 1.807) is 31.2 Å². The second-order valence-electron chi connectivity index (χ2n) is 6.12. The topological polar surface area (TPSA) is 77.5 Å². The van der Waals surface area contributed by atoms with E-state index in [-0.39, 0.29) is 0 Å². The lowest BCUT2D eigenvalue weighted by Gasteiger charge is -2.13. The Morgan fingerprint density at radius 1 is 1.00 bits per heavy atom. The molecule has 28 heavy (non-hydrogen) atoms. The molecule has 3 rings (SSSR count). The second kappa shape index (κ2) is 8.67. The normalized spacial score (nSPS) is 11.5. The Morgan fingerprint density at radius 2 is 1.64 bits per heavy atom. The molecule has 0 spiro atoms. The molecule has 0 radical (unpaired) electrons. The van der Waals surface area contributed by atoms with Crippen molar-refractivity contribution in [2.45, 2.75) is 26.9 Å². The van der Waals surface area contributed by atoms with Crippen LogP contribution < -0.4 is 10.1 Å². The lowest BCUT2D eigenvalue weighted by Crippen LogP contribution is -2.29. The van der Waals surface area contributed by atoms with Crippen LogP contribution in [0.4, 0.5) is 5.69 Å². The molecule has 3 aromatic rings. The Morgan fingerprint density at radius 3 is 2.25 bits per heavy atom. The average molecular weight is 396 g/mol. The van der Waals surface area contributed by atoms with Crippen LogP contribution in [0.3, 0.4) is 0 Å². The molecule has 144 valence electrons. The number of benzene rings is 2. The minimum atomic E-state index is -0.936. The molecule has 1 atom stereocenters. The first-order valence-corrected chi connectivity index (χ1v) is 9.53. The molecule has 0 aliphatic rings. The van der Waals surface area contributed by atoms with Gasteiger partial charge in [-0.15, -0.1) is 11.3 Å². The zero-order valence-electron chi connectivity index (χ0n) is 15.8. The molecule has 0 aliphatic carbocycles. The third kappa shape index (κ3) is 4.95. The summed E-state index contributed by atoms with van der Waals surface area (Å²) in [6.45, 7) is 5.09. The number of para-hydroxylation sites is 1. The molecule has 0 fully saturated rings. The van der Waals surface area contributed by atoms with Gasteiger partial charge in [-0.2, -0.15) is 0 Å². The Bertz CT molecular complexity index is 968. The predicted molar refractivity (Wildman–Crippen MR) is 108 cm³/mol. The van der Waals surface area contributed by atoms with Crippen molar-refractivity contribution in [3.05, 3.63) is 70.2 Å². The summed E-state index contributed by atoms with van der Waals surface area (Å²) in [5.41, 5.74) is 1.19. The monoisotopic (exact) mass is 396 g/mol. The number of amides is 1. The molecule has 1 aromatic heterocycles. The first-order chi connectivity index (χ1) is 13.4. The first kappa shape index (κ1) is 19.6. The molecule has 2 aromatic carbocycles. The molecule has 1 heterocycles. The lowest BCUT2D eigenvalue weighted by molar-refractivity contribution is -0.123. The molecule has 0 saturated heterocycles. The highest BCUT2D eigenvalue weighted by Gasteiger charge is 2.22. The number of carbonyl (C=O) groups excluding carboxylic acids is 2. The number of aryl methyl sites for hydroxylation is 2. The fourth-order valence-electron chi connectivity index (χ4n) is 2.46. The van der Waals surface area contributed by atoms with Gasteiger partial charge in [0.2, 0.25) is 0 Å². The van der Waals surface area contributed by atoms with Crippen molar-refractivity contribution in [3.63, 3.8) is 0 Å². The fraction of sp³-hybridized carbons (Fsp3) is 0.190. The van der Waals surface area contributed by atoms with Gasteiger partial charge in [0.15, 0.2) is 6.10 Å². The summed E-state index contributed by atoms with van der Waals surface area (Å²) < 4.78 is 11.0. The number of anilines is 1. The average Bonchev–Trinajstić information content (AvgIpc) is 3.02. The Labute approximate surface area is 167 Å². The van der Waals surface area contributed by atoms with Crippen LogP contribution in [-0.2, 0) is 9.53 Å². The van der Waals surface area contributed by atoms with E-state index in [9.17, 15) is 9.59 Å². The minimum absolute atomic E-state index is 0.413. The van der Waals surface area contributed by atoms with Gasteiger partial charge in [-0.1, -0.05) is 18.2 Å². The quantitative estimate of drug-likeness (QED) is 0.609. The van der Waals surface area contributed by atoms with E-state index in [0.717, 1.165) is 10.8 Å². The van der Waals surface area contributed by atoms with Crippen LogP contribution in [-0.4, -0.2) is 23.0 Å². The molecular formula is C21H20N2O4S. The number of hydrogen-bond acceptors (Lipinski definition) is 6. The maximum absolute atomic E-state index is 12.3. The van der Waals surface area contributed by atoms with Crippen molar-refractivity contribution in [1.29, 1.82) is 0 Å². The number of hydrogen-bond donors (Lipinski definition) is 1. The molecular weight excluding hydrogens is 376 g/mol. The highest BCUT2D eigenvalue weighted by molar-refractivity contribution is 7.13. The number of aromatic nitrogens is 1. The van der Waals surface area contributed by atoms with Crippen molar-refractivity contribution in [2.75, 3.05) is 5.32 Å². The van der Waals surface area contributed by atoms with Crippen molar-refractivity contribution in [1.82, 2.24) is 4.98 Å². The summed E-state index contributed by atoms with van der Waals surface area (Å²) in [6, 6.07) is 16.4. The Hall–Kier alpha value is -3.19. The van der Waals surface area contributed by atoms with Crippen LogP contribution in [0.25, 0.3) is 0 Å². The number of esters is 1. The summed E-state index contributed by atoms with van der Waals surface area (Å²) in [6.07, 6.45) is -0.936.